The fourth-order valence-corrected chi connectivity index (χ4v) is 2.56. The molecule has 1 fully saturated rings. The predicted molar refractivity (Wildman–Crippen MR) is 78.9 cm³/mol. The van der Waals surface area contributed by atoms with E-state index in [1.54, 1.807) is 18.0 Å². The van der Waals surface area contributed by atoms with Gasteiger partial charge in [0.05, 0.1) is 17.6 Å². The Hall–Kier alpha value is -2.31. The van der Waals surface area contributed by atoms with Crippen molar-refractivity contribution in [2.75, 3.05) is 32.6 Å². The topological polar surface area (TPSA) is 84.7 Å². The molecule has 1 aromatic rings. The van der Waals surface area contributed by atoms with Gasteiger partial charge in [-0.05, 0) is 25.3 Å². The number of methoxy groups -OCH3 is 1. The van der Waals surface area contributed by atoms with Crippen molar-refractivity contribution in [1.29, 1.82) is 0 Å². The maximum Gasteiger partial charge on any atom is 0.296 e. The van der Waals surface area contributed by atoms with E-state index >= 15 is 0 Å². The third-order valence-electron chi connectivity index (χ3n) is 3.64. The number of ether oxygens (including phenoxy) is 1. The lowest BCUT2D eigenvalue weighted by atomic mass is 10.1. The van der Waals surface area contributed by atoms with Crippen LogP contribution in [0.5, 0.6) is 5.75 Å². The molecule has 0 saturated carbocycles. The van der Waals surface area contributed by atoms with Crippen LogP contribution in [0.3, 0.4) is 0 Å². The van der Waals surface area contributed by atoms with Crippen molar-refractivity contribution in [3.8, 4) is 5.75 Å². The number of anilines is 1. The molecule has 1 aliphatic heterocycles. The summed E-state index contributed by atoms with van der Waals surface area (Å²) < 4.78 is 5.17. The van der Waals surface area contributed by atoms with Gasteiger partial charge in [-0.3, -0.25) is 14.9 Å². The third kappa shape index (κ3) is 3.07. The molecular weight excluding hydrogens is 274 g/mol. The number of hydrogen-bond donors (Lipinski definition) is 1. The van der Waals surface area contributed by atoms with Gasteiger partial charge in [0.1, 0.15) is 5.75 Å². The minimum Gasteiger partial charge on any atom is -0.494 e. The van der Waals surface area contributed by atoms with Crippen molar-refractivity contribution in [3.05, 3.63) is 27.8 Å². The number of carbonyl (C=O) groups is 1. The molecule has 0 unspecified atom stereocenters. The lowest BCUT2D eigenvalue weighted by Gasteiger charge is -2.27. The van der Waals surface area contributed by atoms with Gasteiger partial charge in [-0.15, -0.1) is 0 Å². The average Bonchev–Trinajstić information content (AvgIpc) is 2.53. The Balaban J connectivity index is 2.41. The van der Waals surface area contributed by atoms with Gasteiger partial charge in [0, 0.05) is 26.2 Å². The highest BCUT2D eigenvalue weighted by molar-refractivity contribution is 5.97. The number of nitro groups is 1. The first-order valence-electron chi connectivity index (χ1n) is 6.92. The quantitative estimate of drug-likeness (QED) is 0.680. The zero-order chi connectivity index (χ0) is 15.4. The van der Waals surface area contributed by atoms with Crippen molar-refractivity contribution in [3.63, 3.8) is 0 Å². The molecule has 0 spiro atoms. The minimum atomic E-state index is -0.513. The maximum atomic E-state index is 12.5. The number of hydrogen-bond acceptors (Lipinski definition) is 5. The maximum absolute atomic E-state index is 12.5. The fraction of sp³-hybridized carbons (Fsp3) is 0.500. The van der Waals surface area contributed by atoms with E-state index < -0.39 is 4.92 Å². The van der Waals surface area contributed by atoms with Crippen LogP contribution in [0.25, 0.3) is 0 Å². The second-order valence-corrected chi connectivity index (χ2v) is 4.93. The highest BCUT2D eigenvalue weighted by Gasteiger charge is 2.25. The molecule has 0 atom stereocenters. The van der Waals surface area contributed by atoms with Crippen molar-refractivity contribution in [2.45, 2.75) is 19.3 Å². The van der Waals surface area contributed by atoms with Gasteiger partial charge >= 0.3 is 0 Å². The Bertz CT molecular complexity index is 553. The first-order chi connectivity index (χ1) is 10.1. The van der Waals surface area contributed by atoms with Crippen LogP contribution < -0.4 is 10.1 Å². The fourth-order valence-electron chi connectivity index (χ4n) is 2.56. The van der Waals surface area contributed by atoms with Gasteiger partial charge in [-0.2, -0.15) is 0 Å². The summed E-state index contributed by atoms with van der Waals surface area (Å²) in [5.41, 5.74) is 0.411. The number of nitrogens with one attached hydrogen (secondary N) is 1. The standard InChI is InChI=1S/C14H19N3O4/c1-15-13-11(17(19)20)8-10(9-12(13)21-2)14(18)16-6-4-3-5-7-16/h8-9,15H,3-7H2,1-2H3. The van der Waals surface area contributed by atoms with Crippen molar-refractivity contribution < 1.29 is 14.5 Å². The summed E-state index contributed by atoms with van der Waals surface area (Å²) in [6.07, 6.45) is 3.06. The molecule has 1 heterocycles. The number of piperidine rings is 1. The van der Waals surface area contributed by atoms with Crippen LogP contribution in [0.1, 0.15) is 29.6 Å². The van der Waals surface area contributed by atoms with Crippen LogP contribution in [0.15, 0.2) is 12.1 Å². The summed E-state index contributed by atoms with van der Waals surface area (Å²) >= 11 is 0. The van der Waals surface area contributed by atoms with Gasteiger partial charge in [-0.25, -0.2) is 0 Å². The molecule has 1 aromatic carbocycles. The molecule has 7 heteroatoms. The van der Waals surface area contributed by atoms with E-state index in [4.69, 9.17) is 4.74 Å². The number of nitro benzene ring substituents is 1. The summed E-state index contributed by atoms with van der Waals surface area (Å²) in [6.45, 7) is 1.39. The SMILES string of the molecule is CNc1c(OC)cc(C(=O)N2CCCCC2)cc1[N+](=O)[O-]. The monoisotopic (exact) mass is 293 g/mol. The van der Waals surface area contributed by atoms with E-state index in [1.165, 1.54) is 13.2 Å². The molecule has 0 aliphatic carbocycles. The Morgan fingerprint density at radius 3 is 2.52 bits per heavy atom. The van der Waals surface area contributed by atoms with Crippen LogP contribution in [-0.4, -0.2) is 43.0 Å². The van der Waals surface area contributed by atoms with Gasteiger partial charge in [0.25, 0.3) is 11.6 Å². The summed E-state index contributed by atoms with van der Waals surface area (Å²) in [4.78, 5) is 24.9. The molecule has 0 bridgehead atoms. The second kappa shape index (κ2) is 6.43. The highest BCUT2D eigenvalue weighted by atomic mass is 16.6. The minimum absolute atomic E-state index is 0.155. The van der Waals surface area contributed by atoms with Crippen molar-refractivity contribution >= 4 is 17.3 Å². The van der Waals surface area contributed by atoms with Gasteiger partial charge in [-0.1, -0.05) is 0 Å². The Labute approximate surface area is 123 Å². The Kier molecular flexibility index (Phi) is 4.62. The Morgan fingerprint density at radius 1 is 1.33 bits per heavy atom. The van der Waals surface area contributed by atoms with Gasteiger partial charge in [0.15, 0.2) is 5.69 Å². The van der Waals surface area contributed by atoms with Gasteiger partial charge in [0.2, 0.25) is 0 Å². The molecule has 1 N–H and O–H groups in total. The highest BCUT2D eigenvalue weighted by Crippen LogP contribution is 2.36. The first-order valence-corrected chi connectivity index (χ1v) is 6.92. The first kappa shape index (κ1) is 15.1. The predicted octanol–water partition coefficient (Wildman–Crippen LogP) is 2.27. The van der Waals surface area contributed by atoms with E-state index in [2.05, 4.69) is 5.32 Å². The van der Waals surface area contributed by atoms with E-state index in [9.17, 15) is 14.9 Å². The molecule has 2 rings (SSSR count). The Morgan fingerprint density at radius 2 is 2.00 bits per heavy atom. The zero-order valence-corrected chi connectivity index (χ0v) is 12.2. The smallest absolute Gasteiger partial charge is 0.296 e. The van der Waals surface area contributed by atoms with Crippen LogP contribution in [0.2, 0.25) is 0 Å². The van der Waals surface area contributed by atoms with E-state index in [0.717, 1.165) is 19.3 Å². The van der Waals surface area contributed by atoms with Crippen LogP contribution in [0, 0.1) is 10.1 Å². The summed E-state index contributed by atoms with van der Waals surface area (Å²) in [5.74, 6) is 0.116. The molecule has 1 saturated heterocycles. The normalized spacial score (nSPS) is 14.7. The molecule has 21 heavy (non-hydrogen) atoms. The number of carbonyl (C=O) groups excluding carboxylic acids is 1. The lowest BCUT2D eigenvalue weighted by Crippen LogP contribution is -2.35. The average molecular weight is 293 g/mol. The van der Waals surface area contributed by atoms with E-state index in [-0.39, 0.29) is 17.3 Å². The second-order valence-electron chi connectivity index (χ2n) is 4.93. The lowest BCUT2D eigenvalue weighted by molar-refractivity contribution is -0.384. The third-order valence-corrected chi connectivity index (χ3v) is 3.64. The number of likely N-dealkylation sites (tertiary alicyclic amines) is 1. The largest absolute Gasteiger partial charge is 0.494 e. The summed E-state index contributed by atoms with van der Waals surface area (Å²) in [5, 5.41) is 13.9. The van der Waals surface area contributed by atoms with E-state index in [1.807, 2.05) is 0 Å². The molecule has 114 valence electrons. The van der Waals surface area contributed by atoms with Crippen LogP contribution >= 0.6 is 0 Å². The molecular formula is C14H19N3O4. The number of amides is 1. The summed E-state index contributed by atoms with van der Waals surface area (Å²) in [6, 6.07) is 2.86. The molecule has 0 aromatic heterocycles. The van der Waals surface area contributed by atoms with Crippen molar-refractivity contribution in [1.82, 2.24) is 4.90 Å². The summed E-state index contributed by atoms with van der Waals surface area (Å²) in [7, 11) is 3.01. The molecule has 1 amide bonds. The van der Waals surface area contributed by atoms with Crippen molar-refractivity contribution in [2.24, 2.45) is 0 Å². The van der Waals surface area contributed by atoms with Crippen LogP contribution in [-0.2, 0) is 0 Å². The number of benzene rings is 1. The molecule has 0 radical (unpaired) electrons. The van der Waals surface area contributed by atoms with Gasteiger partial charge < -0.3 is 15.0 Å². The molecule has 7 nitrogen and oxygen atoms in total. The molecule has 1 aliphatic rings. The van der Waals surface area contributed by atoms with E-state index in [0.29, 0.717) is 24.4 Å². The van der Waals surface area contributed by atoms with Crippen LogP contribution in [0.4, 0.5) is 11.4 Å². The number of rotatable bonds is 4. The zero-order valence-electron chi connectivity index (χ0n) is 12.2. The number of nitrogens with zero attached hydrogens (tertiary/aromatic N) is 2.